The molecule has 0 saturated heterocycles. The fraction of sp³-hybridized carbons (Fsp3) is 0.0517. The summed E-state index contributed by atoms with van der Waals surface area (Å²) in [7, 11) is 0. The van der Waals surface area contributed by atoms with E-state index in [1.807, 2.05) is 30.3 Å². The van der Waals surface area contributed by atoms with Gasteiger partial charge in [0.25, 0.3) is 0 Å². The summed E-state index contributed by atoms with van der Waals surface area (Å²) in [5, 5.41) is 4.60. The minimum Gasteiger partial charge on any atom is -0.422 e. The first kappa shape index (κ1) is 35.9. The standard InChI is InChI=1S/C58H40N2O2/c1-58(2)51-20-10-6-17-44(51)45-33-32-42(34-52(45)58)59(40-28-24-38(25-29-40)37-14-4-3-5-15-37)41-30-26-39(27-31-41)43-16-7-11-21-53(43)60-54-22-12-8-18-46(54)49-35-48-47-19-9-13-23-56(47)62-57(61)50(48)36-55(49)60/h3-36H,1-2H3. The molecule has 0 spiro atoms. The van der Waals surface area contributed by atoms with Crippen molar-refractivity contribution in [1.82, 2.24) is 4.57 Å². The fourth-order valence-corrected chi connectivity index (χ4v) is 10.0. The van der Waals surface area contributed by atoms with Crippen LogP contribution in [0.3, 0.4) is 0 Å². The molecule has 1 aliphatic rings. The Morgan fingerprint density at radius 2 is 1.02 bits per heavy atom. The Balaban J connectivity index is 0.999. The number of nitrogens with zero attached hydrogens (tertiary/aromatic N) is 2. The number of anilines is 3. The van der Waals surface area contributed by atoms with Crippen LogP contribution in [0.1, 0.15) is 25.0 Å². The van der Waals surface area contributed by atoms with Gasteiger partial charge in [-0.1, -0.05) is 153 Å². The second kappa shape index (κ2) is 13.8. The maximum Gasteiger partial charge on any atom is 0.344 e. The van der Waals surface area contributed by atoms with Crippen LogP contribution in [-0.4, -0.2) is 4.57 Å². The first-order valence-corrected chi connectivity index (χ1v) is 21.2. The lowest BCUT2D eigenvalue weighted by Gasteiger charge is -2.28. The second-order valence-corrected chi connectivity index (χ2v) is 16.9. The highest BCUT2D eigenvalue weighted by Gasteiger charge is 2.35. The highest BCUT2D eigenvalue weighted by molar-refractivity contribution is 6.17. The normalized spacial score (nSPS) is 12.9. The van der Waals surface area contributed by atoms with Crippen LogP contribution >= 0.6 is 0 Å². The SMILES string of the molecule is CC1(C)c2ccccc2-c2ccc(N(c3ccc(-c4ccccc4)cc3)c3ccc(-c4ccccc4-n4c5ccccc5c5cc6c(cc54)c(=O)oc4ccccc46)cc3)cc21. The van der Waals surface area contributed by atoms with Crippen LogP contribution in [0.15, 0.2) is 215 Å². The van der Waals surface area contributed by atoms with Gasteiger partial charge in [0.1, 0.15) is 5.58 Å². The van der Waals surface area contributed by atoms with Gasteiger partial charge in [-0.25, -0.2) is 4.79 Å². The zero-order valence-electron chi connectivity index (χ0n) is 34.3. The van der Waals surface area contributed by atoms with Crippen LogP contribution in [0.2, 0.25) is 0 Å². The number of aromatic nitrogens is 1. The van der Waals surface area contributed by atoms with Crippen molar-refractivity contribution in [1.29, 1.82) is 0 Å². The molecule has 0 N–H and O–H groups in total. The van der Waals surface area contributed by atoms with E-state index in [-0.39, 0.29) is 11.0 Å². The molecule has 0 aliphatic heterocycles. The van der Waals surface area contributed by atoms with E-state index in [1.165, 1.54) is 33.4 Å². The molecule has 294 valence electrons. The van der Waals surface area contributed by atoms with Gasteiger partial charge in [0.15, 0.2) is 0 Å². The van der Waals surface area contributed by atoms with Crippen LogP contribution < -0.4 is 10.5 Å². The zero-order valence-corrected chi connectivity index (χ0v) is 34.3. The summed E-state index contributed by atoms with van der Waals surface area (Å²) in [6.45, 7) is 4.67. The number of para-hydroxylation sites is 3. The van der Waals surface area contributed by atoms with Gasteiger partial charge in [-0.05, 0) is 106 Å². The van der Waals surface area contributed by atoms with Crippen molar-refractivity contribution < 1.29 is 4.42 Å². The molecule has 1 aliphatic carbocycles. The Labute approximate surface area is 359 Å². The maximum atomic E-state index is 13.5. The number of hydrogen-bond donors (Lipinski definition) is 0. The third-order valence-electron chi connectivity index (χ3n) is 13.1. The van der Waals surface area contributed by atoms with Crippen molar-refractivity contribution in [2.45, 2.75) is 19.3 Å². The molecule has 11 aromatic rings. The van der Waals surface area contributed by atoms with Crippen molar-refractivity contribution in [2.75, 3.05) is 4.90 Å². The van der Waals surface area contributed by atoms with Gasteiger partial charge in [-0.2, -0.15) is 0 Å². The molecule has 0 fully saturated rings. The lowest BCUT2D eigenvalue weighted by atomic mass is 9.82. The molecule has 12 rings (SSSR count). The monoisotopic (exact) mass is 796 g/mol. The van der Waals surface area contributed by atoms with E-state index in [9.17, 15) is 4.79 Å². The number of hydrogen-bond acceptors (Lipinski definition) is 3. The number of rotatable bonds is 6. The minimum absolute atomic E-state index is 0.130. The molecule has 0 atom stereocenters. The second-order valence-electron chi connectivity index (χ2n) is 16.9. The predicted octanol–water partition coefficient (Wildman–Crippen LogP) is 15.2. The largest absolute Gasteiger partial charge is 0.422 e. The van der Waals surface area contributed by atoms with Crippen molar-refractivity contribution >= 4 is 60.6 Å². The molecule has 2 heterocycles. The van der Waals surface area contributed by atoms with Crippen LogP contribution in [0.25, 0.3) is 82.6 Å². The van der Waals surface area contributed by atoms with Crippen molar-refractivity contribution in [2.24, 2.45) is 0 Å². The summed E-state index contributed by atoms with van der Waals surface area (Å²) in [5.74, 6) is 0. The van der Waals surface area contributed by atoms with E-state index in [1.54, 1.807) is 0 Å². The Morgan fingerprint density at radius 3 is 1.81 bits per heavy atom. The van der Waals surface area contributed by atoms with E-state index >= 15 is 0 Å². The van der Waals surface area contributed by atoms with E-state index in [0.29, 0.717) is 11.0 Å². The third-order valence-corrected chi connectivity index (χ3v) is 13.1. The molecule has 0 amide bonds. The lowest BCUT2D eigenvalue weighted by Crippen LogP contribution is -2.16. The summed E-state index contributed by atoms with van der Waals surface area (Å²) in [6, 6.07) is 73.1. The molecule has 62 heavy (non-hydrogen) atoms. The van der Waals surface area contributed by atoms with Crippen molar-refractivity contribution in [3.63, 3.8) is 0 Å². The van der Waals surface area contributed by atoms with Gasteiger partial charge in [0.2, 0.25) is 0 Å². The molecule has 9 aromatic carbocycles. The van der Waals surface area contributed by atoms with Crippen LogP contribution in [0.5, 0.6) is 0 Å². The summed E-state index contributed by atoms with van der Waals surface area (Å²) in [6.07, 6.45) is 0. The van der Waals surface area contributed by atoms with Crippen molar-refractivity contribution in [3.8, 4) is 39.1 Å². The molecule has 0 radical (unpaired) electrons. The highest BCUT2D eigenvalue weighted by Crippen LogP contribution is 2.51. The fourth-order valence-electron chi connectivity index (χ4n) is 10.0. The van der Waals surface area contributed by atoms with Crippen LogP contribution in [-0.2, 0) is 5.41 Å². The van der Waals surface area contributed by atoms with Gasteiger partial charge in [-0.3, -0.25) is 0 Å². The molecule has 4 nitrogen and oxygen atoms in total. The van der Waals surface area contributed by atoms with Gasteiger partial charge < -0.3 is 13.9 Å². The first-order valence-electron chi connectivity index (χ1n) is 21.2. The summed E-state index contributed by atoms with van der Waals surface area (Å²) < 4.78 is 8.13. The first-order chi connectivity index (χ1) is 30.4. The highest BCUT2D eigenvalue weighted by atomic mass is 16.4. The third kappa shape index (κ3) is 5.50. The van der Waals surface area contributed by atoms with E-state index < -0.39 is 0 Å². The van der Waals surface area contributed by atoms with Gasteiger partial charge >= 0.3 is 5.63 Å². The predicted molar refractivity (Wildman–Crippen MR) is 257 cm³/mol. The van der Waals surface area contributed by atoms with E-state index in [4.69, 9.17) is 4.42 Å². The number of fused-ring (bicyclic) bond motifs is 9. The Hall–Kier alpha value is -7.95. The zero-order chi connectivity index (χ0) is 41.5. The summed E-state index contributed by atoms with van der Waals surface area (Å²) in [4.78, 5) is 15.9. The topological polar surface area (TPSA) is 38.4 Å². The molecule has 0 saturated carbocycles. The Morgan fingerprint density at radius 1 is 0.419 bits per heavy atom. The Kier molecular flexibility index (Phi) is 8.00. The Bertz CT molecular complexity index is 3620. The lowest BCUT2D eigenvalue weighted by molar-refractivity contribution is 0.570. The molecule has 4 heteroatoms. The smallest absolute Gasteiger partial charge is 0.344 e. The van der Waals surface area contributed by atoms with E-state index in [2.05, 4.69) is 199 Å². The van der Waals surface area contributed by atoms with Gasteiger partial charge in [0, 0.05) is 49.6 Å². The summed E-state index contributed by atoms with van der Waals surface area (Å²) in [5.41, 5.74) is 16.3. The minimum atomic E-state index is -0.336. The van der Waals surface area contributed by atoms with Crippen molar-refractivity contribution in [3.05, 3.63) is 228 Å². The molecular weight excluding hydrogens is 757 g/mol. The van der Waals surface area contributed by atoms with E-state index in [0.717, 1.165) is 66.5 Å². The average molecular weight is 797 g/mol. The molecular formula is C58H40N2O2. The van der Waals surface area contributed by atoms with Crippen LogP contribution in [0, 0.1) is 0 Å². The number of benzene rings is 9. The molecule has 0 unspecified atom stereocenters. The van der Waals surface area contributed by atoms with Gasteiger partial charge in [-0.15, -0.1) is 0 Å². The van der Waals surface area contributed by atoms with Crippen LogP contribution in [0.4, 0.5) is 17.1 Å². The summed E-state index contributed by atoms with van der Waals surface area (Å²) >= 11 is 0. The van der Waals surface area contributed by atoms with Gasteiger partial charge in [0.05, 0.1) is 22.1 Å². The molecule has 0 bridgehead atoms. The average Bonchev–Trinajstić information content (AvgIpc) is 3.76. The molecule has 2 aromatic heterocycles. The quantitative estimate of drug-likeness (QED) is 0.124. The maximum absolute atomic E-state index is 13.5.